The number of nitriles is 1. The summed E-state index contributed by atoms with van der Waals surface area (Å²) >= 11 is 0. The monoisotopic (exact) mass is 238 g/mol. The van der Waals surface area contributed by atoms with E-state index in [1.165, 1.54) is 4.90 Å². The number of likely N-dealkylation sites (tertiary alicyclic amines) is 1. The summed E-state index contributed by atoms with van der Waals surface area (Å²) in [6.45, 7) is 5.88. The van der Waals surface area contributed by atoms with Crippen LogP contribution in [0.15, 0.2) is 0 Å². The van der Waals surface area contributed by atoms with E-state index >= 15 is 0 Å². The van der Waals surface area contributed by atoms with Crippen molar-refractivity contribution in [2.24, 2.45) is 0 Å². The smallest absolute Gasteiger partial charge is 0.410 e. The van der Waals surface area contributed by atoms with Crippen LogP contribution in [0.2, 0.25) is 0 Å². The SMILES string of the molecule is CC(C)(C)OC(=O)N1CCC[C@@H]1C(=O)CC#N. The lowest BCUT2D eigenvalue weighted by Crippen LogP contribution is -2.43. The summed E-state index contributed by atoms with van der Waals surface area (Å²) in [5.74, 6) is -0.198. The highest BCUT2D eigenvalue weighted by Crippen LogP contribution is 2.22. The maximum Gasteiger partial charge on any atom is 0.410 e. The molecule has 0 aromatic carbocycles. The highest BCUT2D eigenvalue weighted by atomic mass is 16.6. The van der Waals surface area contributed by atoms with Crippen LogP contribution in [0.4, 0.5) is 4.79 Å². The highest BCUT2D eigenvalue weighted by molar-refractivity contribution is 5.89. The number of hydrogen-bond donors (Lipinski definition) is 0. The van der Waals surface area contributed by atoms with E-state index in [1.807, 2.05) is 6.07 Å². The molecule has 0 aromatic rings. The normalized spacial score (nSPS) is 19.9. The molecule has 1 aliphatic rings. The number of carbonyl (C=O) groups is 2. The number of amides is 1. The number of ketones is 1. The minimum Gasteiger partial charge on any atom is -0.444 e. The standard InChI is InChI=1S/C12H18N2O3/c1-12(2,3)17-11(16)14-8-4-5-9(14)10(15)6-7-13/h9H,4-6,8H2,1-3H3/t9-/m1/s1. The molecule has 1 rings (SSSR count). The lowest BCUT2D eigenvalue weighted by Gasteiger charge is -2.27. The second-order valence-electron chi connectivity index (χ2n) is 5.13. The molecular weight excluding hydrogens is 220 g/mol. The average molecular weight is 238 g/mol. The Morgan fingerprint density at radius 1 is 1.47 bits per heavy atom. The van der Waals surface area contributed by atoms with E-state index in [1.54, 1.807) is 20.8 Å². The Morgan fingerprint density at radius 3 is 2.65 bits per heavy atom. The molecule has 0 bridgehead atoms. The van der Waals surface area contributed by atoms with Gasteiger partial charge in [-0.25, -0.2) is 4.79 Å². The van der Waals surface area contributed by atoms with Gasteiger partial charge < -0.3 is 4.74 Å². The van der Waals surface area contributed by atoms with Crippen LogP contribution in [0.5, 0.6) is 0 Å². The van der Waals surface area contributed by atoms with E-state index < -0.39 is 17.7 Å². The van der Waals surface area contributed by atoms with E-state index in [-0.39, 0.29) is 12.2 Å². The summed E-state index contributed by atoms with van der Waals surface area (Å²) in [5.41, 5.74) is -0.567. The molecule has 1 saturated heterocycles. The second-order valence-corrected chi connectivity index (χ2v) is 5.13. The van der Waals surface area contributed by atoms with Gasteiger partial charge in [0.05, 0.1) is 18.5 Å². The highest BCUT2D eigenvalue weighted by Gasteiger charge is 2.35. The summed E-state index contributed by atoms with van der Waals surface area (Å²) in [4.78, 5) is 24.9. The van der Waals surface area contributed by atoms with Crippen molar-refractivity contribution in [2.75, 3.05) is 6.54 Å². The van der Waals surface area contributed by atoms with Crippen LogP contribution in [-0.2, 0) is 9.53 Å². The summed E-state index contributed by atoms with van der Waals surface area (Å²) in [6.07, 6.45) is 0.788. The van der Waals surface area contributed by atoms with Crippen molar-refractivity contribution in [3.8, 4) is 6.07 Å². The van der Waals surface area contributed by atoms with E-state index in [2.05, 4.69) is 0 Å². The Morgan fingerprint density at radius 2 is 2.12 bits per heavy atom. The van der Waals surface area contributed by atoms with Crippen molar-refractivity contribution < 1.29 is 14.3 Å². The van der Waals surface area contributed by atoms with Gasteiger partial charge in [-0.3, -0.25) is 9.69 Å². The molecule has 5 nitrogen and oxygen atoms in total. The topological polar surface area (TPSA) is 70.4 Å². The van der Waals surface area contributed by atoms with Crippen molar-refractivity contribution >= 4 is 11.9 Å². The molecular formula is C12H18N2O3. The first kappa shape index (κ1) is 13.5. The van der Waals surface area contributed by atoms with Gasteiger partial charge in [-0.15, -0.1) is 0 Å². The van der Waals surface area contributed by atoms with Gasteiger partial charge in [-0.1, -0.05) is 0 Å². The first-order chi connectivity index (χ1) is 7.85. The van der Waals surface area contributed by atoms with Crippen molar-refractivity contribution in [1.29, 1.82) is 5.26 Å². The average Bonchev–Trinajstić information content (AvgIpc) is 2.63. The van der Waals surface area contributed by atoms with Crippen molar-refractivity contribution in [2.45, 2.75) is 51.7 Å². The molecule has 0 unspecified atom stereocenters. The molecule has 94 valence electrons. The fourth-order valence-electron chi connectivity index (χ4n) is 1.84. The number of nitrogens with zero attached hydrogens (tertiary/aromatic N) is 2. The van der Waals surface area contributed by atoms with Crippen LogP contribution in [-0.4, -0.2) is 35.0 Å². The lowest BCUT2D eigenvalue weighted by atomic mass is 10.1. The van der Waals surface area contributed by atoms with E-state index in [9.17, 15) is 9.59 Å². The zero-order valence-corrected chi connectivity index (χ0v) is 10.5. The van der Waals surface area contributed by atoms with Crippen molar-refractivity contribution in [3.63, 3.8) is 0 Å². The Labute approximate surface area is 101 Å². The van der Waals surface area contributed by atoms with Gasteiger partial charge in [0.25, 0.3) is 0 Å². The van der Waals surface area contributed by atoms with Crippen LogP contribution in [0.25, 0.3) is 0 Å². The van der Waals surface area contributed by atoms with Gasteiger partial charge in [0, 0.05) is 6.54 Å². The van der Waals surface area contributed by atoms with Gasteiger partial charge in [0.15, 0.2) is 5.78 Å². The molecule has 0 aromatic heterocycles. The second kappa shape index (κ2) is 5.17. The molecule has 0 spiro atoms. The lowest BCUT2D eigenvalue weighted by molar-refractivity contribution is -0.122. The largest absolute Gasteiger partial charge is 0.444 e. The molecule has 1 aliphatic heterocycles. The summed E-state index contributed by atoms with van der Waals surface area (Å²) in [5, 5.41) is 8.50. The molecule has 0 saturated carbocycles. The number of rotatable bonds is 2. The Kier molecular flexibility index (Phi) is 4.11. The predicted octanol–water partition coefficient (Wildman–Crippen LogP) is 1.87. The van der Waals surface area contributed by atoms with Crippen LogP contribution in [0.1, 0.15) is 40.0 Å². The maximum atomic E-state index is 11.8. The maximum absolute atomic E-state index is 11.8. The number of Topliss-reactive ketones (excluding diaryl/α,β-unsaturated/α-hetero) is 1. The zero-order valence-electron chi connectivity index (χ0n) is 10.5. The van der Waals surface area contributed by atoms with Gasteiger partial charge in [-0.2, -0.15) is 5.26 Å². The van der Waals surface area contributed by atoms with E-state index in [4.69, 9.17) is 10.00 Å². The van der Waals surface area contributed by atoms with Gasteiger partial charge in [0.2, 0.25) is 0 Å². The number of ether oxygens (including phenoxy) is 1. The molecule has 1 atom stereocenters. The van der Waals surface area contributed by atoms with Gasteiger partial charge in [0.1, 0.15) is 5.60 Å². The molecule has 1 fully saturated rings. The van der Waals surface area contributed by atoms with Crippen molar-refractivity contribution in [3.05, 3.63) is 0 Å². The molecule has 0 aliphatic carbocycles. The van der Waals surface area contributed by atoms with Gasteiger partial charge >= 0.3 is 6.09 Å². The predicted molar refractivity (Wildman–Crippen MR) is 61.2 cm³/mol. The zero-order chi connectivity index (χ0) is 13.1. The summed E-state index contributed by atoms with van der Waals surface area (Å²) in [6, 6.07) is 1.34. The van der Waals surface area contributed by atoms with E-state index in [0.29, 0.717) is 13.0 Å². The first-order valence-electron chi connectivity index (χ1n) is 5.74. The summed E-state index contributed by atoms with van der Waals surface area (Å²) in [7, 11) is 0. The fraction of sp³-hybridized carbons (Fsp3) is 0.750. The van der Waals surface area contributed by atoms with Crippen molar-refractivity contribution in [1.82, 2.24) is 4.90 Å². The van der Waals surface area contributed by atoms with Crippen LogP contribution in [0, 0.1) is 11.3 Å². The quantitative estimate of drug-likeness (QED) is 0.736. The molecule has 17 heavy (non-hydrogen) atoms. The first-order valence-corrected chi connectivity index (χ1v) is 5.74. The third-order valence-electron chi connectivity index (χ3n) is 2.51. The summed E-state index contributed by atoms with van der Waals surface area (Å²) < 4.78 is 5.23. The third kappa shape index (κ3) is 3.74. The number of hydrogen-bond acceptors (Lipinski definition) is 4. The minimum absolute atomic E-state index is 0.149. The fourth-order valence-corrected chi connectivity index (χ4v) is 1.84. The Bertz CT molecular complexity index is 352. The third-order valence-corrected chi connectivity index (χ3v) is 2.51. The van der Waals surface area contributed by atoms with Gasteiger partial charge in [-0.05, 0) is 33.6 Å². The molecule has 1 amide bonds. The molecule has 1 heterocycles. The Balaban J connectivity index is 2.67. The van der Waals surface area contributed by atoms with Crippen LogP contribution < -0.4 is 0 Å². The van der Waals surface area contributed by atoms with Crippen LogP contribution in [0.3, 0.4) is 0 Å². The molecule has 5 heteroatoms. The molecule has 0 radical (unpaired) electrons. The van der Waals surface area contributed by atoms with E-state index in [0.717, 1.165) is 6.42 Å². The minimum atomic E-state index is -0.567. The number of carbonyl (C=O) groups excluding carboxylic acids is 2. The Hall–Kier alpha value is -1.57. The van der Waals surface area contributed by atoms with Crippen LogP contribution >= 0.6 is 0 Å². The molecule has 0 N–H and O–H groups in total.